The van der Waals surface area contributed by atoms with Crippen LogP contribution < -0.4 is 4.74 Å². The summed E-state index contributed by atoms with van der Waals surface area (Å²) in [7, 11) is 0. The third-order valence-electron chi connectivity index (χ3n) is 6.39. The highest BCUT2D eigenvalue weighted by molar-refractivity contribution is 6.10. The van der Waals surface area contributed by atoms with Gasteiger partial charge in [-0.1, -0.05) is 30.3 Å². The molecular formula is C26H31N3O5. The molecule has 1 aromatic heterocycles. The van der Waals surface area contributed by atoms with Gasteiger partial charge in [-0.25, -0.2) is 0 Å². The van der Waals surface area contributed by atoms with E-state index in [0.717, 1.165) is 0 Å². The van der Waals surface area contributed by atoms with Crippen molar-refractivity contribution in [2.75, 3.05) is 26.2 Å². The van der Waals surface area contributed by atoms with Gasteiger partial charge in [-0.3, -0.25) is 24.3 Å². The number of pyridine rings is 1. The number of carbonyl (C=O) groups is 3. The van der Waals surface area contributed by atoms with E-state index in [1.54, 1.807) is 29.4 Å². The lowest BCUT2D eigenvalue weighted by molar-refractivity contribution is -0.148. The Hall–Kier alpha value is -3.26. The number of hydrogen-bond acceptors (Lipinski definition) is 6. The molecular weight excluding hydrogens is 434 g/mol. The minimum Gasteiger partial charge on any atom is -0.492 e. The highest BCUT2D eigenvalue weighted by atomic mass is 16.5. The minimum atomic E-state index is -1.19. The highest BCUT2D eigenvalue weighted by Gasteiger charge is 2.54. The van der Waals surface area contributed by atoms with Crippen molar-refractivity contribution in [3.63, 3.8) is 0 Å². The Morgan fingerprint density at radius 2 is 1.85 bits per heavy atom. The second-order valence-electron chi connectivity index (χ2n) is 9.10. The third kappa shape index (κ3) is 5.12. The van der Waals surface area contributed by atoms with E-state index in [9.17, 15) is 14.4 Å². The van der Waals surface area contributed by atoms with Crippen molar-refractivity contribution in [3.8, 4) is 5.75 Å². The summed E-state index contributed by atoms with van der Waals surface area (Å²) < 4.78 is 11.4. The second kappa shape index (κ2) is 10.3. The molecule has 3 heterocycles. The summed E-state index contributed by atoms with van der Waals surface area (Å²) in [6.45, 7) is 5.41. The van der Waals surface area contributed by atoms with Crippen LogP contribution in [0.5, 0.6) is 5.75 Å². The van der Waals surface area contributed by atoms with Crippen molar-refractivity contribution < 1.29 is 23.9 Å². The number of ether oxygens (including phenoxy) is 2. The quantitative estimate of drug-likeness (QED) is 0.440. The Morgan fingerprint density at radius 3 is 2.53 bits per heavy atom. The monoisotopic (exact) mass is 465 g/mol. The first kappa shape index (κ1) is 23.9. The lowest BCUT2D eigenvalue weighted by Crippen LogP contribution is -2.50. The van der Waals surface area contributed by atoms with Gasteiger partial charge in [0.15, 0.2) is 0 Å². The zero-order valence-corrected chi connectivity index (χ0v) is 19.7. The average molecular weight is 466 g/mol. The van der Waals surface area contributed by atoms with Gasteiger partial charge in [0, 0.05) is 38.7 Å². The molecule has 0 aliphatic carbocycles. The number of hydrogen-bond donors (Lipinski definition) is 0. The van der Waals surface area contributed by atoms with E-state index in [4.69, 9.17) is 9.47 Å². The van der Waals surface area contributed by atoms with Crippen molar-refractivity contribution in [2.45, 2.75) is 50.7 Å². The molecule has 4 rings (SSSR count). The van der Waals surface area contributed by atoms with Crippen LogP contribution >= 0.6 is 0 Å². The van der Waals surface area contributed by atoms with E-state index < -0.39 is 5.41 Å². The molecule has 0 N–H and O–H groups in total. The van der Waals surface area contributed by atoms with E-state index >= 15 is 0 Å². The summed E-state index contributed by atoms with van der Waals surface area (Å²) in [4.78, 5) is 47.1. The minimum absolute atomic E-state index is 0.0134. The van der Waals surface area contributed by atoms with Gasteiger partial charge in [-0.15, -0.1) is 0 Å². The van der Waals surface area contributed by atoms with E-state index in [1.807, 2.05) is 44.2 Å². The van der Waals surface area contributed by atoms with E-state index in [1.165, 1.54) is 4.90 Å². The van der Waals surface area contributed by atoms with Crippen molar-refractivity contribution in [2.24, 2.45) is 0 Å². The van der Waals surface area contributed by atoms with Gasteiger partial charge < -0.3 is 14.4 Å². The summed E-state index contributed by atoms with van der Waals surface area (Å²) in [5.41, 5.74) is -0.491. The summed E-state index contributed by atoms with van der Waals surface area (Å²) in [5.74, 6) is -0.0620. The lowest BCUT2D eigenvalue weighted by Gasteiger charge is -2.37. The zero-order chi connectivity index (χ0) is 24.1. The third-order valence-corrected chi connectivity index (χ3v) is 6.39. The standard InChI is InChI=1S/C26H31N3O5/c1-19-17-28(18-20(2)34-19)23(30)14-26(21-8-4-3-5-9-21)15-24(31)29(25(26)32)12-7-13-33-22-10-6-11-27-16-22/h3-6,8-11,16,19-20H,7,12-15,17-18H2,1-2H3/t19-,20+,26-/m0/s1. The SMILES string of the molecule is C[C@@H]1CN(C(=O)C[C@@]2(c3ccccc3)CC(=O)N(CCCOc3cccnc3)C2=O)C[C@H](C)O1. The molecule has 2 fully saturated rings. The fourth-order valence-corrected chi connectivity index (χ4v) is 4.85. The first-order valence-corrected chi connectivity index (χ1v) is 11.8. The number of carbonyl (C=O) groups excluding carboxylic acids is 3. The predicted molar refractivity (Wildman–Crippen MR) is 125 cm³/mol. The predicted octanol–water partition coefficient (Wildman–Crippen LogP) is 2.57. The highest BCUT2D eigenvalue weighted by Crippen LogP contribution is 2.40. The van der Waals surface area contributed by atoms with Gasteiger partial charge in [0.05, 0.1) is 30.4 Å². The first-order valence-electron chi connectivity index (χ1n) is 11.8. The van der Waals surface area contributed by atoms with Crippen LogP contribution in [0.1, 0.15) is 38.7 Å². The molecule has 0 saturated carbocycles. The molecule has 3 atom stereocenters. The molecule has 0 radical (unpaired) electrons. The Morgan fingerprint density at radius 1 is 1.12 bits per heavy atom. The number of aromatic nitrogens is 1. The molecule has 2 aliphatic rings. The number of nitrogens with zero attached hydrogens (tertiary/aromatic N) is 3. The molecule has 0 spiro atoms. The fraction of sp³-hybridized carbons (Fsp3) is 0.462. The summed E-state index contributed by atoms with van der Waals surface area (Å²) >= 11 is 0. The van der Waals surface area contributed by atoms with Crippen LogP contribution in [-0.4, -0.2) is 71.0 Å². The van der Waals surface area contributed by atoms with E-state index in [-0.39, 0.29) is 49.3 Å². The van der Waals surface area contributed by atoms with Crippen LogP contribution in [-0.2, 0) is 24.5 Å². The molecule has 8 heteroatoms. The average Bonchev–Trinajstić information content (AvgIpc) is 3.07. The van der Waals surface area contributed by atoms with Gasteiger partial charge in [-0.2, -0.15) is 0 Å². The summed E-state index contributed by atoms with van der Waals surface area (Å²) in [6, 6.07) is 12.8. The number of morpholine rings is 1. The molecule has 2 saturated heterocycles. The molecule has 8 nitrogen and oxygen atoms in total. The molecule has 0 bridgehead atoms. The van der Waals surface area contributed by atoms with Gasteiger partial charge in [0.2, 0.25) is 17.7 Å². The van der Waals surface area contributed by atoms with Crippen molar-refractivity contribution >= 4 is 17.7 Å². The topological polar surface area (TPSA) is 89.0 Å². The summed E-state index contributed by atoms with van der Waals surface area (Å²) in [5, 5.41) is 0. The van der Waals surface area contributed by atoms with Crippen LogP contribution in [0.2, 0.25) is 0 Å². The summed E-state index contributed by atoms with van der Waals surface area (Å²) in [6.07, 6.45) is 3.58. The Labute approximate surface area is 199 Å². The molecule has 180 valence electrons. The molecule has 3 amide bonds. The van der Waals surface area contributed by atoms with Crippen LogP contribution in [0.15, 0.2) is 54.9 Å². The van der Waals surface area contributed by atoms with E-state index in [0.29, 0.717) is 37.4 Å². The fourth-order valence-electron chi connectivity index (χ4n) is 4.85. The number of rotatable bonds is 8. The van der Waals surface area contributed by atoms with Crippen LogP contribution in [0.4, 0.5) is 0 Å². The second-order valence-corrected chi connectivity index (χ2v) is 9.10. The Bertz CT molecular complexity index is 1010. The van der Waals surface area contributed by atoms with Gasteiger partial charge >= 0.3 is 0 Å². The van der Waals surface area contributed by atoms with Gasteiger partial charge in [0.1, 0.15) is 5.75 Å². The van der Waals surface area contributed by atoms with Crippen molar-refractivity contribution in [3.05, 3.63) is 60.4 Å². The van der Waals surface area contributed by atoms with Crippen LogP contribution in [0.3, 0.4) is 0 Å². The van der Waals surface area contributed by atoms with Crippen molar-refractivity contribution in [1.82, 2.24) is 14.8 Å². The molecule has 1 aromatic carbocycles. The van der Waals surface area contributed by atoms with Crippen LogP contribution in [0, 0.1) is 0 Å². The maximum Gasteiger partial charge on any atom is 0.240 e. The van der Waals surface area contributed by atoms with E-state index in [2.05, 4.69) is 4.98 Å². The maximum atomic E-state index is 13.7. The first-order chi connectivity index (χ1) is 16.4. The van der Waals surface area contributed by atoms with Gasteiger partial charge in [-0.05, 0) is 38.0 Å². The zero-order valence-electron chi connectivity index (χ0n) is 19.7. The largest absolute Gasteiger partial charge is 0.492 e. The number of amides is 3. The number of benzene rings is 1. The number of imide groups is 1. The normalized spacial score (nSPS) is 25.0. The smallest absolute Gasteiger partial charge is 0.240 e. The molecule has 34 heavy (non-hydrogen) atoms. The van der Waals surface area contributed by atoms with Gasteiger partial charge in [0.25, 0.3) is 0 Å². The van der Waals surface area contributed by atoms with Crippen molar-refractivity contribution in [1.29, 1.82) is 0 Å². The molecule has 0 unspecified atom stereocenters. The lowest BCUT2D eigenvalue weighted by atomic mass is 9.75. The Kier molecular flexibility index (Phi) is 7.26. The maximum absolute atomic E-state index is 13.7. The van der Waals surface area contributed by atoms with Crippen LogP contribution in [0.25, 0.3) is 0 Å². The Balaban J connectivity index is 1.48. The molecule has 2 aliphatic heterocycles. The molecule has 2 aromatic rings. The number of likely N-dealkylation sites (tertiary alicyclic amines) is 1.